The van der Waals surface area contributed by atoms with Gasteiger partial charge in [0.1, 0.15) is 17.3 Å². The van der Waals surface area contributed by atoms with Crippen molar-refractivity contribution in [2.75, 3.05) is 18.5 Å². The predicted molar refractivity (Wildman–Crippen MR) is 119 cm³/mol. The van der Waals surface area contributed by atoms with Crippen LogP contribution in [0.3, 0.4) is 0 Å². The van der Waals surface area contributed by atoms with Crippen LogP contribution in [0.2, 0.25) is 0 Å². The molecule has 0 aliphatic rings. The molecular formula is C24H22FN3O4. The first kappa shape index (κ1) is 21.3. The lowest BCUT2D eigenvalue weighted by molar-refractivity contribution is 0.102. The number of hydrogen-bond donors (Lipinski definition) is 1. The standard InChI is InChI=1S/C24H22FN3O4/c1-4-30-17-10-11-21(31-5-2)20(12-17)26-23(29)18-13-19(15-6-8-16(25)9-7-15)27-24-22(18)14(3)28-32-24/h6-13H,4-5H2,1-3H3,(H,26,29). The minimum Gasteiger partial charge on any atom is -0.494 e. The van der Waals surface area contributed by atoms with Crippen molar-refractivity contribution in [3.8, 4) is 22.8 Å². The lowest BCUT2D eigenvalue weighted by Gasteiger charge is -2.14. The van der Waals surface area contributed by atoms with Crippen LogP contribution >= 0.6 is 0 Å². The Labute approximate surface area is 184 Å². The van der Waals surface area contributed by atoms with Crippen molar-refractivity contribution in [2.24, 2.45) is 0 Å². The third-order valence-corrected chi connectivity index (χ3v) is 4.81. The second kappa shape index (κ2) is 9.05. The van der Waals surface area contributed by atoms with Crippen molar-refractivity contribution >= 4 is 22.7 Å². The number of rotatable bonds is 7. The summed E-state index contributed by atoms with van der Waals surface area (Å²) >= 11 is 0. The van der Waals surface area contributed by atoms with Crippen LogP contribution in [0.4, 0.5) is 10.1 Å². The molecule has 0 unspecified atom stereocenters. The van der Waals surface area contributed by atoms with E-state index in [4.69, 9.17) is 14.0 Å². The Morgan fingerprint density at radius 3 is 2.53 bits per heavy atom. The van der Waals surface area contributed by atoms with Gasteiger partial charge in [0.25, 0.3) is 11.6 Å². The fourth-order valence-electron chi connectivity index (χ4n) is 3.38. The van der Waals surface area contributed by atoms with Gasteiger partial charge in [0.05, 0.1) is 41.2 Å². The summed E-state index contributed by atoms with van der Waals surface area (Å²) in [6.45, 7) is 6.42. The van der Waals surface area contributed by atoms with Gasteiger partial charge in [-0.05, 0) is 63.2 Å². The summed E-state index contributed by atoms with van der Waals surface area (Å²) in [6, 6.07) is 12.7. The highest BCUT2D eigenvalue weighted by atomic mass is 19.1. The molecular weight excluding hydrogens is 413 g/mol. The number of anilines is 1. The quantitative estimate of drug-likeness (QED) is 0.419. The number of hydrogen-bond acceptors (Lipinski definition) is 6. The van der Waals surface area contributed by atoms with Gasteiger partial charge in [0.15, 0.2) is 0 Å². The Kier molecular flexibility index (Phi) is 6.02. The second-order valence-electron chi connectivity index (χ2n) is 6.99. The second-order valence-corrected chi connectivity index (χ2v) is 6.99. The van der Waals surface area contributed by atoms with Crippen molar-refractivity contribution in [1.82, 2.24) is 10.1 Å². The average molecular weight is 435 g/mol. The molecule has 2 aromatic heterocycles. The minimum absolute atomic E-state index is 0.225. The zero-order valence-corrected chi connectivity index (χ0v) is 17.9. The molecule has 0 atom stereocenters. The number of aromatic nitrogens is 2. The van der Waals surface area contributed by atoms with Crippen molar-refractivity contribution in [1.29, 1.82) is 0 Å². The number of ether oxygens (including phenoxy) is 2. The Morgan fingerprint density at radius 1 is 1.06 bits per heavy atom. The largest absolute Gasteiger partial charge is 0.494 e. The third kappa shape index (κ3) is 4.25. The molecule has 1 N–H and O–H groups in total. The maximum absolute atomic E-state index is 13.4. The number of halogens is 1. The molecule has 4 aromatic rings. The van der Waals surface area contributed by atoms with Crippen LogP contribution in [0, 0.1) is 12.7 Å². The highest BCUT2D eigenvalue weighted by Gasteiger charge is 2.21. The topological polar surface area (TPSA) is 86.5 Å². The normalized spacial score (nSPS) is 10.9. The first-order valence-corrected chi connectivity index (χ1v) is 10.2. The van der Waals surface area contributed by atoms with Crippen LogP contribution in [0.1, 0.15) is 29.9 Å². The Bertz CT molecular complexity index is 1270. The van der Waals surface area contributed by atoms with Crippen LogP contribution in [-0.4, -0.2) is 29.3 Å². The van der Waals surface area contributed by atoms with E-state index in [0.717, 1.165) is 0 Å². The molecule has 0 saturated carbocycles. The fraction of sp³-hybridized carbons (Fsp3) is 0.208. The van der Waals surface area contributed by atoms with E-state index >= 15 is 0 Å². The number of nitrogens with zero attached hydrogens (tertiary/aromatic N) is 2. The molecule has 0 saturated heterocycles. The van der Waals surface area contributed by atoms with E-state index in [1.165, 1.54) is 12.1 Å². The van der Waals surface area contributed by atoms with Crippen molar-refractivity contribution in [2.45, 2.75) is 20.8 Å². The summed E-state index contributed by atoms with van der Waals surface area (Å²) < 4.78 is 29.9. The maximum Gasteiger partial charge on any atom is 0.259 e. The predicted octanol–water partition coefficient (Wildman–Crippen LogP) is 5.39. The first-order chi connectivity index (χ1) is 15.5. The van der Waals surface area contributed by atoms with E-state index in [0.29, 0.717) is 58.3 Å². The Hall–Kier alpha value is -3.94. The number of nitrogens with one attached hydrogen (secondary N) is 1. The smallest absolute Gasteiger partial charge is 0.259 e. The number of amides is 1. The number of fused-ring (bicyclic) bond motifs is 1. The van der Waals surface area contributed by atoms with Gasteiger partial charge in [-0.1, -0.05) is 5.16 Å². The van der Waals surface area contributed by atoms with Gasteiger partial charge in [0, 0.05) is 11.6 Å². The molecule has 0 aliphatic carbocycles. The summed E-state index contributed by atoms with van der Waals surface area (Å²) in [6.07, 6.45) is 0. The van der Waals surface area contributed by atoms with Gasteiger partial charge in [0.2, 0.25) is 0 Å². The lowest BCUT2D eigenvalue weighted by Crippen LogP contribution is -2.14. The van der Waals surface area contributed by atoms with E-state index < -0.39 is 0 Å². The number of carbonyl (C=O) groups is 1. The highest BCUT2D eigenvalue weighted by molar-refractivity contribution is 6.13. The van der Waals surface area contributed by atoms with E-state index in [1.54, 1.807) is 43.3 Å². The Balaban J connectivity index is 1.77. The van der Waals surface area contributed by atoms with Gasteiger partial charge >= 0.3 is 0 Å². The van der Waals surface area contributed by atoms with Crippen molar-refractivity contribution in [3.63, 3.8) is 0 Å². The molecule has 2 heterocycles. The summed E-state index contributed by atoms with van der Waals surface area (Å²) in [5.41, 5.74) is 2.68. The van der Waals surface area contributed by atoms with Gasteiger partial charge in [-0.3, -0.25) is 4.79 Å². The highest BCUT2D eigenvalue weighted by Crippen LogP contribution is 2.32. The lowest BCUT2D eigenvalue weighted by atomic mass is 10.0. The summed E-state index contributed by atoms with van der Waals surface area (Å²) in [4.78, 5) is 17.8. The molecule has 7 nitrogen and oxygen atoms in total. The third-order valence-electron chi connectivity index (χ3n) is 4.81. The molecule has 0 fully saturated rings. The number of pyridine rings is 1. The van der Waals surface area contributed by atoms with Crippen molar-refractivity contribution in [3.05, 3.63) is 65.6 Å². The number of benzene rings is 2. The minimum atomic E-state index is -0.387. The first-order valence-electron chi connectivity index (χ1n) is 10.2. The summed E-state index contributed by atoms with van der Waals surface area (Å²) in [7, 11) is 0. The van der Waals surface area contributed by atoms with Gasteiger partial charge in [-0.2, -0.15) is 0 Å². The molecule has 1 amide bonds. The molecule has 4 rings (SSSR count). The average Bonchev–Trinajstić information content (AvgIpc) is 3.16. The molecule has 0 radical (unpaired) electrons. The molecule has 32 heavy (non-hydrogen) atoms. The van der Waals surface area contributed by atoms with E-state index in [9.17, 15) is 9.18 Å². The van der Waals surface area contributed by atoms with Crippen LogP contribution in [-0.2, 0) is 0 Å². The number of aryl methyl sites for hydroxylation is 1. The van der Waals surface area contributed by atoms with Crippen LogP contribution in [0.15, 0.2) is 53.1 Å². The molecule has 8 heteroatoms. The van der Waals surface area contributed by atoms with Crippen LogP contribution in [0.5, 0.6) is 11.5 Å². The molecule has 164 valence electrons. The monoisotopic (exact) mass is 435 g/mol. The fourth-order valence-corrected chi connectivity index (χ4v) is 3.38. The van der Waals surface area contributed by atoms with Gasteiger partial charge in [-0.25, -0.2) is 9.37 Å². The van der Waals surface area contributed by atoms with Crippen molar-refractivity contribution < 1.29 is 23.2 Å². The van der Waals surface area contributed by atoms with Crippen LogP contribution < -0.4 is 14.8 Å². The van der Waals surface area contributed by atoms with Crippen LogP contribution in [0.25, 0.3) is 22.4 Å². The summed E-state index contributed by atoms with van der Waals surface area (Å²) in [5, 5.41) is 7.37. The zero-order valence-electron chi connectivity index (χ0n) is 17.9. The number of carbonyl (C=O) groups excluding carboxylic acids is 1. The SMILES string of the molecule is CCOc1ccc(OCC)c(NC(=O)c2cc(-c3ccc(F)cc3)nc3onc(C)c23)c1. The van der Waals surface area contributed by atoms with Gasteiger partial charge in [-0.15, -0.1) is 0 Å². The van der Waals surface area contributed by atoms with E-state index in [2.05, 4.69) is 15.5 Å². The van der Waals surface area contributed by atoms with E-state index in [1.807, 2.05) is 13.8 Å². The Morgan fingerprint density at radius 2 is 1.81 bits per heavy atom. The zero-order chi connectivity index (χ0) is 22.7. The molecule has 0 aliphatic heterocycles. The van der Waals surface area contributed by atoms with E-state index in [-0.39, 0.29) is 17.4 Å². The molecule has 0 spiro atoms. The maximum atomic E-state index is 13.4. The summed E-state index contributed by atoms with van der Waals surface area (Å²) in [5.74, 6) is 0.386. The van der Waals surface area contributed by atoms with Gasteiger partial charge < -0.3 is 19.3 Å². The molecule has 0 bridgehead atoms. The molecule has 2 aromatic carbocycles.